The zero-order chi connectivity index (χ0) is 15.5. The molecular formula is C15H20FNO3S. The molecule has 1 heterocycles. The molecule has 2 rings (SSSR count). The van der Waals surface area contributed by atoms with E-state index in [9.17, 15) is 9.18 Å². The number of nitrogens with two attached hydrogens (primary N) is 1. The van der Waals surface area contributed by atoms with Gasteiger partial charge in [0.25, 0.3) is 5.24 Å². The maximum Gasteiger partial charge on any atom is 0.279 e. The second kappa shape index (κ2) is 6.34. The van der Waals surface area contributed by atoms with Crippen LogP contribution < -0.4 is 5.73 Å². The predicted octanol–water partition coefficient (Wildman–Crippen LogP) is 3.79. The quantitative estimate of drug-likeness (QED) is 0.898. The molecule has 0 aliphatic carbocycles. The summed E-state index contributed by atoms with van der Waals surface area (Å²) in [7, 11) is 0. The average Bonchev–Trinajstić information content (AvgIpc) is 2.75. The molecule has 116 valence electrons. The Balaban J connectivity index is 2.03. The Morgan fingerprint density at radius 2 is 2.19 bits per heavy atom. The summed E-state index contributed by atoms with van der Waals surface area (Å²) in [6.45, 7) is 3.91. The Kier molecular flexibility index (Phi) is 4.91. The van der Waals surface area contributed by atoms with Crippen molar-refractivity contribution >= 4 is 17.0 Å². The van der Waals surface area contributed by atoms with E-state index in [1.165, 1.54) is 6.07 Å². The Morgan fingerprint density at radius 1 is 1.48 bits per heavy atom. The van der Waals surface area contributed by atoms with Crippen LogP contribution in [0.15, 0.2) is 24.3 Å². The number of benzene rings is 1. The summed E-state index contributed by atoms with van der Waals surface area (Å²) in [4.78, 5) is 10.4. The van der Waals surface area contributed by atoms with Crippen LogP contribution in [-0.4, -0.2) is 16.0 Å². The van der Waals surface area contributed by atoms with Gasteiger partial charge in [-0.1, -0.05) is 25.1 Å². The molecule has 1 fully saturated rings. The van der Waals surface area contributed by atoms with E-state index >= 15 is 0 Å². The maximum atomic E-state index is 13.6. The number of carbonyl (C=O) groups is 1. The Bertz CT molecular complexity index is 527. The Labute approximate surface area is 128 Å². The molecule has 2 unspecified atom stereocenters. The van der Waals surface area contributed by atoms with Gasteiger partial charge in [-0.05, 0) is 37.6 Å². The molecule has 1 saturated heterocycles. The van der Waals surface area contributed by atoms with Gasteiger partial charge in [0.1, 0.15) is 10.8 Å². The minimum absolute atomic E-state index is 0.137. The Hall–Kier alpha value is -1.11. The third-order valence-electron chi connectivity index (χ3n) is 3.67. The van der Waals surface area contributed by atoms with E-state index in [1.54, 1.807) is 18.2 Å². The second-order valence-electron chi connectivity index (χ2n) is 5.30. The van der Waals surface area contributed by atoms with E-state index in [1.807, 2.05) is 13.8 Å². The summed E-state index contributed by atoms with van der Waals surface area (Å²) in [6, 6.07) is 6.49. The molecular weight excluding hydrogens is 293 g/mol. The number of primary amides is 1. The fourth-order valence-electron chi connectivity index (χ4n) is 2.48. The first-order chi connectivity index (χ1) is 9.88. The first-order valence-electron chi connectivity index (χ1n) is 6.94. The van der Waals surface area contributed by atoms with Crippen molar-refractivity contribution in [2.75, 3.05) is 0 Å². The summed E-state index contributed by atoms with van der Waals surface area (Å²) in [6.07, 6.45) is 1.93. The van der Waals surface area contributed by atoms with Crippen LogP contribution in [0.5, 0.6) is 0 Å². The van der Waals surface area contributed by atoms with Crippen molar-refractivity contribution in [1.29, 1.82) is 0 Å². The number of thioether (sulfide) groups is 1. The molecule has 1 aromatic rings. The fraction of sp³-hybridized carbons (Fsp3) is 0.533. The lowest BCUT2D eigenvalue weighted by atomic mass is 10.1. The van der Waals surface area contributed by atoms with Crippen LogP contribution >= 0.6 is 11.8 Å². The number of hydrogen-bond donors (Lipinski definition) is 1. The van der Waals surface area contributed by atoms with Crippen LogP contribution in [0.4, 0.5) is 9.18 Å². The van der Waals surface area contributed by atoms with Crippen LogP contribution in [0.2, 0.25) is 0 Å². The van der Waals surface area contributed by atoms with Crippen LogP contribution in [0, 0.1) is 5.82 Å². The summed E-state index contributed by atoms with van der Waals surface area (Å²) < 4.78 is 25.5. The minimum Gasteiger partial charge on any atom is -0.360 e. The molecule has 0 bridgehead atoms. The third kappa shape index (κ3) is 3.96. The highest BCUT2D eigenvalue weighted by Gasteiger charge is 2.48. The lowest BCUT2D eigenvalue weighted by Crippen LogP contribution is -2.35. The van der Waals surface area contributed by atoms with Crippen LogP contribution in [-0.2, 0) is 16.1 Å². The second-order valence-corrected chi connectivity index (χ2v) is 6.77. The molecule has 2 atom stereocenters. The van der Waals surface area contributed by atoms with Gasteiger partial charge in [0.15, 0.2) is 5.79 Å². The molecule has 21 heavy (non-hydrogen) atoms. The molecule has 0 saturated carbocycles. The summed E-state index contributed by atoms with van der Waals surface area (Å²) in [5.41, 5.74) is 5.72. The zero-order valence-corrected chi connectivity index (χ0v) is 13.0. The average molecular weight is 313 g/mol. The number of halogens is 1. The standard InChI is InChI=1S/C15H20FNO3S/c1-3-15(9-8-14(2,20-15)21-13(17)18)19-10-11-6-4-5-7-12(11)16/h4-7H,3,8-10H2,1-2H3,(H2,17,18). The van der Waals surface area contributed by atoms with E-state index < -0.39 is 16.0 Å². The van der Waals surface area contributed by atoms with Gasteiger partial charge in [-0.15, -0.1) is 0 Å². The maximum absolute atomic E-state index is 13.6. The van der Waals surface area contributed by atoms with Crippen LogP contribution in [0.25, 0.3) is 0 Å². The molecule has 6 heteroatoms. The molecule has 2 N–H and O–H groups in total. The molecule has 0 spiro atoms. The molecule has 1 amide bonds. The zero-order valence-electron chi connectivity index (χ0n) is 12.2. The van der Waals surface area contributed by atoms with Gasteiger partial charge in [-0.25, -0.2) is 4.39 Å². The van der Waals surface area contributed by atoms with Gasteiger partial charge in [0.2, 0.25) is 0 Å². The van der Waals surface area contributed by atoms with Gasteiger partial charge in [0, 0.05) is 12.0 Å². The van der Waals surface area contributed by atoms with E-state index in [4.69, 9.17) is 15.2 Å². The summed E-state index contributed by atoms with van der Waals surface area (Å²) in [5.74, 6) is -1.09. The van der Waals surface area contributed by atoms with Crippen LogP contribution in [0.1, 0.15) is 38.7 Å². The largest absolute Gasteiger partial charge is 0.360 e. The van der Waals surface area contributed by atoms with Crippen molar-refractivity contribution in [2.45, 2.75) is 50.4 Å². The number of hydrogen-bond acceptors (Lipinski definition) is 4. The first kappa shape index (κ1) is 16.3. The van der Waals surface area contributed by atoms with Crippen molar-refractivity contribution < 1.29 is 18.7 Å². The van der Waals surface area contributed by atoms with Crippen LogP contribution in [0.3, 0.4) is 0 Å². The van der Waals surface area contributed by atoms with Gasteiger partial charge in [-0.3, -0.25) is 4.79 Å². The highest BCUT2D eigenvalue weighted by atomic mass is 32.2. The number of carbonyl (C=O) groups excluding carboxylic acids is 1. The monoisotopic (exact) mass is 313 g/mol. The SMILES string of the molecule is CCC1(OCc2ccccc2F)CCC(C)(SC(N)=O)O1. The van der Waals surface area contributed by atoms with E-state index in [2.05, 4.69) is 0 Å². The van der Waals surface area contributed by atoms with Gasteiger partial charge < -0.3 is 15.2 Å². The lowest BCUT2D eigenvalue weighted by molar-refractivity contribution is -0.238. The van der Waals surface area contributed by atoms with Gasteiger partial charge >= 0.3 is 0 Å². The number of ether oxygens (including phenoxy) is 2. The van der Waals surface area contributed by atoms with E-state index in [0.29, 0.717) is 24.8 Å². The van der Waals surface area contributed by atoms with Crippen molar-refractivity contribution in [3.63, 3.8) is 0 Å². The number of amides is 1. The predicted molar refractivity (Wildman–Crippen MR) is 80.1 cm³/mol. The summed E-state index contributed by atoms with van der Waals surface area (Å²) in [5, 5.41) is -0.474. The first-order valence-corrected chi connectivity index (χ1v) is 7.76. The van der Waals surface area contributed by atoms with Crippen molar-refractivity contribution in [2.24, 2.45) is 5.73 Å². The Morgan fingerprint density at radius 3 is 2.81 bits per heavy atom. The molecule has 1 aromatic carbocycles. The molecule has 1 aliphatic heterocycles. The summed E-state index contributed by atoms with van der Waals surface area (Å²) >= 11 is 0.969. The normalized spacial score (nSPS) is 28.7. The minimum atomic E-state index is -0.792. The van der Waals surface area contributed by atoms with E-state index in [-0.39, 0.29) is 12.4 Å². The highest BCUT2D eigenvalue weighted by molar-refractivity contribution is 8.14. The molecule has 4 nitrogen and oxygen atoms in total. The fourth-order valence-corrected chi connectivity index (χ4v) is 3.30. The van der Waals surface area contributed by atoms with Gasteiger partial charge in [0.05, 0.1) is 6.61 Å². The third-order valence-corrected chi connectivity index (χ3v) is 4.59. The van der Waals surface area contributed by atoms with E-state index in [0.717, 1.165) is 11.8 Å². The molecule has 1 aliphatic rings. The van der Waals surface area contributed by atoms with Crippen molar-refractivity contribution in [3.8, 4) is 0 Å². The van der Waals surface area contributed by atoms with Crippen molar-refractivity contribution in [3.05, 3.63) is 35.6 Å². The molecule has 0 radical (unpaired) electrons. The lowest BCUT2D eigenvalue weighted by Gasteiger charge is -2.31. The highest BCUT2D eigenvalue weighted by Crippen LogP contribution is 2.47. The smallest absolute Gasteiger partial charge is 0.279 e. The number of rotatable bonds is 5. The molecule has 0 aromatic heterocycles. The van der Waals surface area contributed by atoms with Gasteiger partial charge in [-0.2, -0.15) is 0 Å². The van der Waals surface area contributed by atoms with Crippen molar-refractivity contribution in [1.82, 2.24) is 0 Å². The topological polar surface area (TPSA) is 61.5 Å².